The molecule has 0 aliphatic heterocycles. The van der Waals surface area contributed by atoms with Crippen LogP contribution >= 0.6 is 0 Å². The number of Topliss-reactive ketones (excluding diaryl/α,β-unsaturated/α-hetero) is 1. The van der Waals surface area contributed by atoms with E-state index in [1.165, 1.54) is 6.42 Å². The number of hydrogen-bond acceptors (Lipinski definition) is 4. The summed E-state index contributed by atoms with van der Waals surface area (Å²) in [6.07, 6.45) is 6.35. The van der Waals surface area contributed by atoms with E-state index in [0.29, 0.717) is 12.8 Å². The van der Waals surface area contributed by atoms with Crippen molar-refractivity contribution in [2.24, 2.45) is 23.7 Å². The number of ketones is 1. The summed E-state index contributed by atoms with van der Waals surface area (Å²) in [7, 11) is 1.59. The maximum Gasteiger partial charge on any atom is 0.168 e. The fraction of sp³-hybridized carbons (Fsp3) is 0.850. The third-order valence-electron chi connectivity index (χ3n) is 6.64. The molecule has 3 aliphatic rings. The fourth-order valence-electron chi connectivity index (χ4n) is 5.19. The number of aliphatic hydroxyl groups is 2. The summed E-state index contributed by atoms with van der Waals surface area (Å²) >= 11 is 0. The van der Waals surface area contributed by atoms with Gasteiger partial charge < -0.3 is 14.9 Å². The molecule has 0 saturated heterocycles. The summed E-state index contributed by atoms with van der Waals surface area (Å²) in [6.45, 7) is 2.00. The first kappa shape index (κ1) is 17.9. The smallest absolute Gasteiger partial charge is 0.168 e. The lowest BCUT2D eigenvalue weighted by molar-refractivity contribution is -0.207. The zero-order valence-corrected chi connectivity index (χ0v) is 14.8. The highest BCUT2D eigenvalue weighted by Gasteiger charge is 2.66. The first-order valence-corrected chi connectivity index (χ1v) is 9.51. The van der Waals surface area contributed by atoms with E-state index in [1.807, 2.05) is 6.92 Å². The maximum atomic E-state index is 12.5. The van der Waals surface area contributed by atoms with Gasteiger partial charge in [-0.1, -0.05) is 38.0 Å². The van der Waals surface area contributed by atoms with Gasteiger partial charge in [0.25, 0.3) is 0 Å². The molecular weight excluding hydrogens is 304 g/mol. The van der Waals surface area contributed by atoms with Gasteiger partial charge in [-0.05, 0) is 38.0 Å². The molecule has 0 spiro atoms. The molecule has 2 N–H and O–H groups in total. The number of methoxy groups -OCH3 is 1. The third-order valence-corrected chi connectivity index (χ3v) is 6.64. The van der Waals surface area contributed by atoms with Crippen molar-refractivity contribution in [1.29, 1.82) is 0 Å². The molecule has 0 heterocycles. The lowest BCUT2D eigenvalue weighted by Gasteiger charge is -2.58. The molecule has 3 aliphatic carbocycles. The standard InChI is InChI=1S/C20H30O4/c1-3-14-18-15(9-10-16(21)13-7-5-4-6-8-13)17(22)11-12-20(18,24-2)19(14)23/h13-18,21-22H,3-8,11-12H2,1-2H3/t14?,15-,16-,17+,18+,20+/m1/s1. The SMILES string of the molecule is CCC1C(=O)[C@]2(OC)CC[C@H](O)[C@@H](C#C[C@@H](O)C3CCCCC3)[C@H]12. The van der Waals surface area contributed by atoms with Gasteiger partial charge in [0.2, 0.25) is 0 Å². The highest BCUT2D eigenvalue weighted by molar-refractivity contribution is 5.97. The molecule has 0 aromatic heterocycles. The van der Waals surface area contributed by atoms with Crippen LogP contribution in [0.1, 0.15) is 58.3 Å². The predicted molar refractivity (Wildman–Crippen MR) is 91.1 cm³/mol. The topological polar surface area (TPSA) is 66.8 Å². The van der Waals surface area contributed by atoms with Crippen LogP contribution in [0.4, 0.5) is 0 Å². The molecule has 134 valence electrons. The number of hydrogen-bond donors (Lipinski definition) is 2. The van der Waals surface area contributed by atoms with Gasteiger partial charge in [-0.3, -0.25) is 4.79 Å². The molecule has 4 heteroatoms. The molecule has 6 atom stereocenters. The Morgan fingerprint density at radius 2 is 2.00 bits per heavy atom. The first-order chi connectivity index (χ1) is 11.5. The van der Waals surface area contributed by atoms with E-state index in [1.54, 1.807) is 7.11 Å². The van der Waals surface area contributed by atoms with Crippen molar-refractivity contribution in [3.63, 3.8) is 0 Å². The Labute approximate surface area is 145 Å². The van der Waals surface area contributed by atoms with E-state index in [9.17, 15) is 15.0 Å². The Balaban J connectivity index is 1.78. The highest BCUT2D eigenvalue weighted by atomic mass is 16.5. The van der Waals surface area contributed by atoms with Crippen molar-refractivity contribution in [2.45, 2.75) is 76.1 Å². The Morgan fingerprint density at radius 1 is 1.29 bits per heavy atom. The van der Waals surface area contributed by atoms with Crippen LogP contribution in [0.3, 0.4) is 0 Å². The third kappa shape index (κ3) is 2.81. The molecule has 0 bridgehead atoms. The summed E-state index contributed by atoms with van der Waals surface area (Å²) in [5, 5.41) is 20.9. The number of ether oxygens (including phenoxy) is 1. The Hall–Kier alpha value is -0.890. The molecule has 0 amide bonds. The summed E-state index contributed by atoms with van der Waals surface area (Å²) in [5.74, 6) is 6.20. The van der Waals surface area contributed by atoms with Crippen molar-refractivity contribution >= 4 is 5.78 Å². The Kier molecular flexibility index (Phi) is 5.34. The number of carbonyl (C=O) groups excluding carboxylic acids is 1. The summed E-state index contributed by atoms with van der Waals surface area (Å²) in [4.78, 5) is 12.5. The van der Waals surface area contributed by atoms with Crippen molar-refractivity contribution in [1.82, 2.24) is 0 Å². The molecule has 1 unspecified atom stereocenters. The van der Waals surface area contributed by atoms with Crippen LogP contribution in [0, 0.1) is 35.5 Å². The Morgan fingerprint density at radius 3 is 2.62 bits per heavy atom. The van der Waals surface area contributed by atoms with E-state index in [-0.39, 0.29) is 29.5 Å². The molecule has 3 rings (SSSR count). The van der Waals surface area contributed by atoms with Crippen LogP contribution in [0.5, 0.6) is 0 Å². The lowest BCUT2D eigenvalue weighted by Crippen LogP contribution is -2.70. The minimum atomic E-state index is -0.755. The van der Waals surface area contributed by atoms with Gasteiger partial charge in [-0.25, -0.2) is 0 Å². The molecular formula is C20H30O4. The van der Waals surface area contributed by atoms with Gasteiger partial charge in [0.05, 0.1) is 12.0 Å². The van der Waals surface area contributed by atoms with Crippen LogP contribution < -0.4 is 0 Å². The fourth-order valence-corrected chi connectivity index (χ4v) is 5.19. The predicted octanol–water partition coefficient (Wildman–Crippen LogP) is 2.31. The van der Waals surface area contributed by atoms with Gasteiger partial charge in [0.1, 0.15) is 11.7 Å². The Bertz CT molecular complexity index is 527. The van der Waals surface area contributed by atoms with Crippen LogP contribution in [0.25, 0.3) is 0 Å². The molecule has 3 fully saturated rings. The van der Waals surface area contributed by atoms with Crippen LogP contribution in [-0.4, -0.2) is 40.9 Å². The largest absolute Gasteiger partial charge is 0.392 e. The molecule has 0 aromatic carbocycles. The van der Waals surface area contributed by atoms with Crippen molar-refractivity contribution in [3.05, 3.63) is 0 Å². The second-order valence-electron chi connectivity index (χ2n) is 7.76. The van der Waals surface area contributed by atoms with E-state index < -0.39 is 17.8 Å². The van der Waals surface area contributed by atoms with Crippen LogP contribution in [0.2, 0.25) is 0 Å². The van der Waals surface area contributed by atoms with E-state index in [0.717, 1.165) is 32.1 Å². The zero-order valence-electron chi connectivity index (χ0n) is 14.8. The van der Waals surface area contributed by atoms with Crippen molar-refractivity contribution in [2.75, 3.05) is 7.11 Å². The second kappa shape index (κ2) is 7.15. The van der Waals surface area contributed by atoms with Crippen LogP contribution in [-0.2, 0) is 9.53 Å². The summed E-state index contributed by atoms with van der Waals surface area (Å²) in [5.41, 5.74) is -0.755. The zero-order chi connectivity index (χ0) is 17.3. The minimum absolute atomic E-state index is 0.0465. The average molecular weight is 334 g/mol. The van der Waals surface area contributed by atoms with Crippen molar-refractivity contribution < 1.29 is 19.7 Å². The molecule has 0 aromatic rings. The summed E-state index contributed by atoms with van der Waals surface area (Å²) < 4.78 is 5.63. The van der Waals surface area contributed by atoms with Gasteiger partial charge in [-0.2, -0.15) is 0 Å². The van der Waals surface area contributed by atoms with Crippen LogP contribution in [0.15, 0.2) is 0 Å². The van der Waals surface area contributed by atoms with E-state index >= 15 is 0 Å². The summed E-state index contributed by atoms with van der Waals surface area (Å²) in [6, 6.07) is 0. The molecule has 3 saturated carbocycles. The number of aliphatic hydroxyl groups excluding tert-OH is 2. The number of rotatable bonds is 3. The second-order valence-corrected chi connectivity index (χ2v) is 7.76. The van der Waals surface area contributed by atoms with Gasteiger partial charge >= 0.3 is 0 Å². The number of fused-ring (bicyclic) bond motifs is 1. The lowest BCUT2D eigenvalue weighted by atomic mass is 9.49. The van der Waals surface area contributed by atoms with Gasteiger partial charge in [-0.15, -0.1) is 0 Å². The highest BCUT2D eigenvalue weighted by Crippen LogP contribution is 2.55. The van der Waals surface area contributed by atoms with Crippen molar-refractivity contribution in [3.8, 4) is 11.8 Å². The monoisotopic (exact) mass is 334 g/mol. The first-order valence-electron chi connectivity index (χ1n) is 9.51. The molecule has 0 radical (unpaired) electrons. The van der Waals surface area contributed by atoms with E-state index in [2.05, 4.69) is 11.8 Å². The van der Waals surface area contributed by atoms with Gasteiger partial charge in [0.15, 0.2) is 5.78 Å². The molecule has 4 nitrogen and oxygen atoms in total. The average Bonchev–Trinajstić information content (AvgIpc) is 2.62. The maximum absolute atomic E-state index is 12.5. The quantitative estimate of drug-likeness (QED) is 0.777. The van der Waals surface area contributed by atoms with E-state index in [4.69, 9.17) is 4.74 Å². The number of carbonyl (C=O) groups is 1. The minimum Gasteiger partial charge on any atom is -0.392 e. The van der Waals surface area contributed by atoms with Gasteiger partial charge in [0, 0.05) is 18.9 Å². The molecule has 24 heavy (non-hydrogen) atoms. The normalized spacial score (nSPS) is 40.9.